The van der Waals surface area contributed by atoms with Crippen molar-refractivity contribution in [2.24, 2.45) is 0 Å². The molecule has 3 aromatic rings. The van der Waals surface area contributed by atoms with Crippen LogP contribution in [0.5, 0.6) is 0 Å². The second-order valence-electron chi connectivity index (χ2n) is 4.41. The number of rotatable bonds is 2. The standard InChI is InChI=1S/C15H13IN2S/c1-2-10-5-3-4-6-13(10)18-14-8-7-11(16)9-12(14)17-15(18)19/h3-9H,2H2,1H3,(H,17,19). The van der Waals surface area contributed by atoms with Gasteiger partial charge in [0.15, 0.2) is 4.77 Å². The van der Waals surface area contributed by atoms with E-state index in [1.807, 2.05) is 0 Å². The number of imidazole rings is 1. The van der Waals surface area contributed by atoms with E-state index in [0.717, 1.165) is 22.2 Å². The fourth-order valence-corrected chi connectivity index (χ4v) is 3.15. The second kappa shape index (κ2) is 5.09. The summed E-state index contributed by atoms with van der Waals surface area (Å²) in [7, 11) is 0. The van der Waals surface area contributed by atoms with Gasteiger partial charge in [-0.15, -0.1) is 0 Å². The van der Waals surface area contributed by atoms with Crippen molar-refractivity contribution < 1.29 is 0 Å². The maximum absolute atomic E-state index is 5.49. The first-order valence-electron chi connectivity index (χ1n) is 6.19. The maximum atomic E-state index is 5.49. The summed E-state index contributed by atoms with van der Waals surface area (Å²) in [5.74, 6) is 0. The number of aromatic amines is 1. The predicted molar refractivity (Wildman–Crippen MR) is 90.6 cm³/mol. The third-order valence-electron chi connectivity index (χ3n) is 3.26. The molecule has 0 aliphatic carbocycles. The third kappa shape index (κ3) is 2.23. The normalized spacial score (nSPS) is 11.1. The van der Waals surface area contributed by atoms with E-state index in [1.54, 1.807) is 0 Å². The first kappa shape index (κ1) is 12.9. The Balaban J connectivity index is 2.36. The lowest BCUT2D eigenvalue weighted by Gasteiger charge is -2.09. The zero-order chi connectivity index (χ0) is 13.4. The van der Waals surface area contributed by atoms with Crippen LogP contribution in [-0.4, -0.2) is 9.55 Å². The van der Waals surface area contributed by atoms with Crippen LogP contribution < -0.4 is 0 Å². The van der Waals surface area contributed by atoms with E-state index >= 15 is 0 Å². The van der Waals surface area contributed by atoms with Crippen molar-refractivity contribution in [1.29, 1.82) is 0 Å². The maximum Gasteiger partial charge on any atom is 0.182 e. The number of fused-ring (bicyclic) bond motifs is 1. The summed E-state index contributed by atoms with van der Waals surface area (Å²) in [6, 6.07) is 14.8. The Bertz CT molecular complexity index is 801. The van der Waals surface area contributed by atoms with E-state index in [-0.39, 0.29) is 0 Å². The minimum atomic E-state index is 0.748. The lowest BCUT2D eigenvalue weighted by Crippen LogP contribution is -1.98. The average molecular weight is 380 g/mol. The number of nitrogens with one attached hydrogen (secondary N) is 1. The van der Waals surface area contributed by atoms with E-state index in [1.165, 1.54) is 14.8 Å². The summed E-state index contributed by atoms with van der Waals surface area (Å²) >= 11 is 7.81. The highest BCUT2D eigenvalue weighted by atomic mass is 127. The van der Waals surface area contributed by atoms with Crippen molar-refractivity contribution in [3.63, 3.8) is 0 Å². The van der Waals surface area contributed by atoms with Crippen molar-refractivity contribution in [2.75, 3.05) is 0 Å². The molecule has 0 bridgehead atoms. The van der Waals surface area contributed by atoms with Crippen LogP contribution >= 0.6 is 34.8 Å². The molecule has 0 fully saturated rings. The molecule has 2 aromatic carbocycles. The van der Waals surface area contributed by atoms with Crippen molar-refractivity contribution >= 4 is 45.8 Å². The molecule has 0 radical (unpaired) electrons. The number of hydrogen-bond donors (Lipinski definition) is 1. The number of nitrogens with zero attached hydrogens (tertiary/aromatic N) is 1. The van der Waals surface area contributed by atoms with E-state index in [2.05, 4.69) is 81.5 Å². The molecule has 0 atom stereocenters. The Morgan fingerprint density at radius 3 is 2.79 bits per heavy atom. The second-order valence-corrected chi connectivity index (χ2v) is 6.04. The Labute approximate surface area is 130 Å². The largest absolute Gasteiger partial charge is 0.330 e. The number of para-hydroxylation sites is 1. The van der Waals surface area contributed by atoms with Gasteiger partial charge in [0, 0.05) is 3.57 Å². The van der Waals surface area contributed by atoms with Crippen LogP contribution in [0.15, 0.2) is 42.5 Å². The molecule has 2 nitrogen and oxygen atoms in total. The van der Waals surface area contributed by atoms with E-state index in [4.69, 9.17) is 12.2 Å². The summed E-state index contributed by atoms with van der Waals surface area (Å²) < 4.78 is 4.08. The van der Waals surface area contributed by atoms with E-state index in [0.29, 0.717) is 0 Å². The van der Waals surface area contributed by atoms with Gasteiger partial charge in [0.1, 0.15) is 0 Å². The number of hydrogen-bond acceptors (Lipinski definition) is 1. The van der Waals surface area contributed by atoms with Gasteiger partial charge in [0.05, 0.1) is 16.7 Å². The van der Waals surface area contributed by atoms with Crippen molar-refractivity contribution in [3.8, 4) is 5.69 Å². The van der Waals surface area contributed by atoms with Crippen LogP contribution in [0, 0.1) is 8.34 Å². The minimum absolute atomic E-state index is 0.748. The molecule has 0 aliphatic rings. The van der Waals surface area contributed by atoms with Crippen molar-refractivity contribution in [3.05, 3.63) is 56.4 Å². The molecule has 96 valence electrons. The first-order chi connectivity index (χ1) is 9.20. The van der Waals surface area contributed by atoms with Gasteiger partial charge in [-0.3, -0.25) is 4.57 Å². The fourth-order valence-electron chi connectivity index (χ4n) is 2.35. The van der Waals surface area contributed by atoms with Gasteiger partial charge in [-0.25, -0.2) is 0 Å². The molecule has 4 heteroatoms. The molecule has 3 rings (SSSR count). The van der Waals surface area contributed by atoms with Crippen LogP contribution in [0.25, 0.3) is 16.7 Å². The predicted octanol–water partition coefficient (Wildman–Crippen LogP) is 4.86. The van der Waals surface area contributed by atoms with Crippen LogP contribution in [0.1, 0.15) is 12.5 Å². The van der Waals surface area contributed by atoms with Gasteiger partial charge in [0.25, 0.3) is 0 Å². The zero-order valence-corrected chi connectivity index (χ0v) is 13.5. The van der Waals surface area contributed by atoms with Gasteiger partial charge in [0.2, 0.25) is 0 Å². The molecule has 0 amide bonds. The molecule has 1 aromatic heterocycles. The van der Waals surface area contributed by atoms with Crippen LogP contribution in [0.4, 0.5) is 0 Å². The summed E-state index contributed by atoms with van der Waals surface area (Å²) in [6.45, 7) is 2.17. The quantitative estimate of drug-likeness (QED) is 0.498. The van der Waals surface area contributed by atoms with Gasteiger partial charge >= 0.3 is 0 Å². The highest BCUT2D eigenvalue weighted by Gasteiger charge is 2.09. The summed E-state index contributed by atoms with van der Waals surface area (Å²) in [6.07, 6.45) is 0.995. The smallest absolute Gasteiger partial charge is 0.182 e. The monoisotopic (exact) mass is 380 g/mol. The average Bonchev–Trinajstić information content (AvgIpc) is 2.73. The fraction of sp³-hybridized carbons (Fsp3) is 0.133. The molecule has 1 N–H and O–H groups in total. The third-order valence-corrected chi connectivity index (χ3v) is 4.21. The number of halogens is 1. The van der Waals surface area contributed by atoms with Crippen molar-refractivity contribution in [2.45, 2.75) is 13.3 Å². The summed E-state index contributed by atoms with van der Waals surface area (Å²) in [5.41, 5.74) is 4.69. The molecular weight excluding hydrogens is 367 g/mol. The number of benzene rings is 2. The van der Waals surface area contributed by atoms with Crippen LogP contribution in [-0.2, 0) is 6.42 Å². The molecule has 0 spiro atoms. The minimum Gasteiger partial charge on any atom is -0.330 e. The number of aryl methyl sites for hydroxylation is 1. The number of H-pyrrole nitrogens is 1. The Kier molecular flexibility index (Phi) is 3.45. The van der Waals surface area contributed by atoms with E-state index in [9.17, 15) is 0 Å². The molecule has 0 saturated carbocycles. The Hall–Kier alpha value is -1.14. The highest BCUT2D eigenvalue weighted by Crippen LogP contribution is 2.23. The topological polar surface area (TPSA) is 20.7 Å². The van der Waals surface area contributed by atoms with E-state index < -0.39 is 0 Å². The van der Waals surface area contributed by atoms with Gasteiger partial charge in [-0.1, -0.05) is 25.1 Å². The zero-order valence-electron chi connectivity index (χ0n) is 10.5. The molecular formula is C15H13IN2S. The molecule has 1 heterocycles. The SMILES string of the molecule is CCc1ccccc1-n1c(=S)[nH]c2cc(I)ccc21. The summed E-state index contributed by atoms with van der Waals surface area (Å²) in [4.78, 5) is 3.29. The summed E-state index contributed by atoms with van der Waals surface area (Å²) in [5, 5.41) is 0. The lowest BCUT2D eigenvalue weighted by atomic mass is 10.1. The lowest BCUT2D eigenvalue weighted by molar-refractivity contribution is 1.01. The molecule has 19 heavy (non-hydrogen) atoms. The molecule has 0 aliphatic heterocycles. The Morgan fingerprint density at radius 2 is 2.00 bits per heavy atom. The highest BCUT2D eigenvalue weighted by molar-refractivity contribution is 14.1. The van der Waals surface area contributed by atoms with Crippen LogP contribution in [0.3, 0.4) is 0 Å². The molecule has 0 saturated heterocycles. The van der Waals surface area contributed by atoms with Gasteiger partial charge in [-0.2, -0.15) is 0 Å². The van der Waals surface area contributed by atoms with Gasteiger partial charge in [-0.05, 0) is 71.1 Å². The Morgan fingerprint density at radius 1 is 1.21 bits per heavy atom. The number of aromatic nitrogens is 2. The van der Waals surface area contributed by atoms with Gasteiger partial charge < -0.3 is 4.98 Å². The molecule has 0 unspecified atom stereocenters. The van der Waals surface area contributed by atoms with Crippen LogP contribution in [0.2, 0.25) is 0 Å². The first-order valence-corrected chi connectivity index (χ1v) is 7.68. The van der Waals surface area contributed by atoms with Crippen molar-refractivity contribution in [1.82, 2.24) is 9.55 Å².